The second kappa shape index (κ2) is 5.88. The number of thioether (sulfide) groups is 1. The van der Waals surface area contributed by atoms with E-state index in [0.29, 0.717) is 5.92 Å². The zero-order valence-corrected chi connectivity index (χ0v) is 9.25. The van der Waals surface area contributed by atoms with Gasteiger partial charge in [0.1, 0.15) is 5.75 Å². The largest absolute Gasteiger partial charge is 0.495 e. The molecule has 14 heavy (non-hydrogen) atoms. The fourth-order valence-electron chi connectivity index (χ4n) is 0.853. The Morgan fingerprint density at radius 1 is 1.57 bits per heavy atom. The van der Waals surface area contributed by atoms with Crippen LogP contribution in [0.1, 0.15) is 6.92 Å². The summed E-state index contributed by atoms with van der Waals surface area (Å²) < 4.78 is 5.00. The highest BCUT2D eigenvalue weighted by Gasteiger charge is 2.02. The summed E-state index contributed by atoms with van der Waals surface area (Å²) in [6.07, 6.45) is 1.70. The van der Waals surface area contributed by atoms with Crippen molar-refractivity contribution in [3.05, 3.63) is 18.3 Å². The molecule has 1 aromatic heterocycles. The fraction of sp³-hybridized carbons (Fsp3) is 0.500. The van der Waals surface area contributed by atoms with E-state index in [9.17, 15) is 0 Å². The number of hydrogen-bond donors (Lipinski definition) is 1. The highest BCUT2D eigenvalue weighted by atomic mass is 32.2. The molecule has 1 rings (SSSR count). The molecule has 1 N–H and O–H groups in total. The second-order valence-corrected chi connectivity index (χ2v) is 4.18. The lowest BCUT2D eigenvalue weighted by Crippen LogP contribution is -2.03. The second-order valence-electron chi connectivity index (χ2n) is 3.14. The van der Waals surface area contributed by atoms with E-state index >= 15 is 0 Å². The third kappa shape index (κ3) is 3.55. The van der Waals surface area contributed by atoms with Crippen molar-refractivity contribution in [2.45, 2.75) is 11.9 Å². The van der Waals surface area contributed by atoms with E-state index < -0.39 is 0 Å². The SMILES string of the molecule is COc1ccc(SCC(C)CO)nc1. The van der Waals surface area contributed by atoms with Crippen LogP contribution in [0.5, 0.6) is 5.75 Å². The summed E-state index contributed by atoms with van der Waals surface area (Å²) in [5.74, 6) is 1.96. The molecule has 0 amide bonds. The monoisotopic (exact) mass is 213 g/mol. The number of aromatic nitrogens is 1. The van der Waals surface area contributed by atoms with Crippen LogP contribution in [-0.2, 0) is 0 Å². The predicted octanol–water partition coefficient (Wildman–Crippen LogP) is 1.81. The number of ether oxygens (including phenoxy) is 1. The molecular weight excluding hydrogens is 198 g/mol. The Balaban J connectivity index is 2.43. The summed E-state index contributed by atoms with van der Waals surface area (Å²) in [5, 5.41) is 9.81. The highest BCUT2D eigenvalue weighted by Crippen LogP contribution is 2.20. The maximum Gasteiger partial charge on any atom is 0.137 e. The molecule has 4 heteroatoms. The standard InChI is InChI=1S/C10H15NO2S/c1-8(6-12)7-14-10-4-3-9(13-2)5-11-10/h3-5,8,12H,6-7H2,1-2H3. The molecule has 3 nitrogen and oxygen atoms in total. The van der Waals surface area contributed by atoms with Crippen LogP contribution in [0.3, 0.4) is 0 Å². The van der Waals surface area contributed by atoms with Crippen LogP contribution in [0.25, 0.3) is 0 Å². The third-order valence-electron chi connectivity index (χ3n) is 1.77. The summed E-state index contributed by atoms with van der Waals surface area (Å²) in [7, 11) is 1.62. The molecule has 0 saturated carbocycles. The Morgan fingerprint density at radius 2 is 2.36 bits per heavy atom. The number of rotatable bonds is 5. The van der Waals surface area contributed by atoms with Gasteiger partial charge in [-0.15, -0.1) is 11.8 Å². The minimum atomic E-state index is 0.225. The molecule has 1 aromatic rings. The molecule has 1 unspecified atom stereocenters. The first-order valence-electron chi connectivity index (χ1n) is 4.50. The molecule has 0 aliphatic rings. The van der Waals surface area contributed by atoms with E-state index in [1.54, 1.807) is 25.1 Å². The third-order valence-corrected chi connectivity index (χ3v) is 3.05. The average molecular weight is 213 g/mol. The Hall–Kier alpha value is -0.740. The Bertz CT molecular complexity index is 263. The van der Waals surface area contributed by atoms with Gasteiger partial charge in [0.15, 0.2) is 0 Å². The van der Waals surface area contributed by atoms with Gasteiger partial charge in [0.05, 0.1) is 18.3 Å². The molecule has 78 valence electrons. The number of hydrogen-bond acceptors (Lipinski definition) is 4. The zero-order chi connectivity index (χ0) is 10.4. The molecule has 0 spiro atoms. The van der Waals surface area contributed by atoms with Crippen molar-refractivity contribution in [1.82, 2.24) is 4.98 Å². The van der Waals surface area contributed by atoms with Crippen LogP contribution >= 0.6 is 11.8 Å². The first-order valence-corrected chi connectivity index (χ1v) is 5.48. The molecule has 1 heterocycles. The van der Waals surface area contributed by atoms with Crippen molar-refractivity contribution in [2.24, 2.45) is 5.92 Å². The summed E-state index contributed by atoms with van der Waals surface area (Å²) in [6.45, 7) is 2.24. The number of nitrogens with zero attached hydrogens (tertiary/aromatic N) is 1. The normalized spacial score (nSPS) is 12.5. The topological polar surface area (TPSA) is 42.4 Å². The minimum Gasteiger partial charge on any atom is -0.495 e. The van der Waals surface area contributed by atoms with E-state index in [2.05, 4.69) is 4.98 Å². The summed E-state index contributed by atoms with van der Waals surface area (Å²) >= 11 is 1.65. The maximum absolute atomic E-state index is 8.84. The first kappa shape index (κ1) is 11.3. The highest BCUT2D eigenvalue weighted by molar-refractivity contribution is 7.99. The van der Waals surface area contributed by atoms with Crippen LogP contribution in [0.4, 0.5) is 0 Å². The van der Waals surface area contributed by atoms with Gasteiger partial charge in [0.2, 0.25) is 0 Å². The number of aliphatic hydroxyl groups is 1. The van der Waals surface area contributed by atoms with Gasteiger partial charge >= 0.3 is 0 Å². The quantitative estimate of drug-likeness (QED) is 0.757. The summed E-state index contributed by atoms with van der Waals surface area (Å²) in [6, 6.07) is 3.81. The number of aliphatic hydroxyl groups excluding tert-OH is 1. The van der Waals surface area contributed by atoms with Crippen LogP contribution in [0.15, 0.2) is 23.4 Å². The number of methoxy groups -OCH3 is 1. The smallest absolute Gasteiger partial charge is 0.137 e. The van der Waals surface area contributed by atoms with Crippen LogP contribution in [0.2, 0.25) is 0 Å². The van der Waals surface area contributed by atoms with Crippen molar-refractivity contribution < 1.29 is 9.84 Å². The van der Waals surface area contributed by atoms with Gasteiger partial charge in [-0.2, -0.15) is 0 Å². The van der Waals surface area contributed by atoms with Gasteiger partial charge in [-0.25, -0.2) is 4.98 Å². The Morgan fingerprint density at radius 3 is 2.86 bits per heavy atom. The van der Waals surface area contributed by atoms with E-state index in [4.69, 9.17) is 9.84 Å². The number of pyridine rings is 1. The van der Waals surface area contributed by atoms with E-state index in [1.807, 2.05) is 19.1 Å². The zero-order valence-electron chi connectivity index (χ0n) is 8.43. The van der Waals surface area contributed by atoms with Gasteiger partial charge in [0, 0.05) is 12.4 Å². The van der Waals surface area contributed by atoms with Crippen molar-refractivity contribution in [2.75, 3.05) is 19.5 Å². The molecule has 0 saturated heterocycles. The molecular formula is C10H15NO2S. The van der Waals surface area contributed by atoms with E-state index in [1.165, 1.54) is 0 Å². The van der Waals surface area contributed by atoms with Crippen LogP contribution in [0, 0.1) is 5.92 Å². The van der Waals surface area contributed by atoms with E-state index in [-0.39, 0.29) is 6.61 Å². The first-order chi connectivity index (χ1) is 6.76. The molecule has 1 atom stereocenters. The fourth-order valence-corrected chi connectivity index (χ4v) is 1.71. The predicted molar refractivity (Wildman–Crippen MR) is 57.8 cm³/mol. The summed E-state index contributed by atoms with van der Waals surface area (Å²) in [4.78, 5) is 4.21. The maximum atomic E-state index is 8.84. The van der Waals surface area contributed by atoms with Crippen LogP contribution in [-0.4, -0.2) is 29.6 Å². The Kier molecular flexibility index (Phi) is 4.76. The van der Waals surface area contributed by atoms with Gasteiger partial charge in [0.25, 0.3) is 0 Å². The lowest BCUT2D eigenvalue weighted by atomic mass is 10.2. The van der Waals surface area contributed by atoms with E-state index in [0.717, 1.165) is 16.5 Å². The van der Waals surface area contributed by atoms with Gasteiger partial charge in [-0.1, -0.05) is 6.92 Å². The minimum absolute atomic E-state index is 0.225. The lowest BCUT2D eigenvalue weighted by Gasteiger charge is -2.06. The molecule has 0 fully saturated rings. The summed E-state index contributed by atoms with van der Waals surface area (Å²) in [5.41, 5.74) is 0. The van der Waals surface area contributed by atoms with Crippen molar-refractivity contribution >= 4 is 11.8 Å². The van der Waals surface area contributed by atoms with Crippen molar-refractivity contribution in [1.29, 1.82) is 0 Å². The molecule has 0 aliphatic carbocycles. The van der Waals surface area contributed by atoms with Crippen molar-refractivity contribution in [3.63, 3.8) is 0 Å². The lowest BCUT2D eigenvalue weighted by molar-refractivity contribution is 0.250. The molecule has 0 aliphatic heterocycles. The van der Waals surface area contributed by atoms with Gasteiger partial charge in [-0.3, -0.25) is 0 Å². The molecule has 0 bridgehead atoms. The van der Waals surface area contributed by atoms with Gasteiger partial charge < -0.3 is 9.84 Å². The molecule has 0 radical (unpaired) electrons. The molecule has 0 aromatic carbocycles. The van der Waals surface area contributed by atoms with Gasteiger partial charge in [-0.05, 0) is 18.1 Å². The van der Waals surface area contributed by atoms with Crippen molar-refractivity contribution in [3.8, 4) is 5.75 Å². The Labute approximate surface area is 88.5 Å². The van der Waals surface area contributed by atoms with Crippen LogP contribution < -0.4 is 4.74 Å². The average Bonchev–Trinajstić information content (AvgIpc) is 2.26.